The maximum absolute atomic E-state index is 12.9. The molecular formula is C18H21BrN2O2S. The lowest BCUT2D eigenvalue weighted by Gasteiger charge is -2.27. The number of carbonyl (C=O) groups excluding carboxylic acids is 1. The van der Waals surface area contributed by atoms with Gasteiger partial charge in [0, 0.05) is 17.5 Å². The van der Waals surface area contributed by atoms with Crippen molar-refractivity contribution in [3.05, 3.63) is 51.3 Å². The first-order valence-electron chi connectivity index (χ1n) is 7.54. The van der Waals surface area contributed by atoms with Gasteiger partial charge in [0.05, 0.1) is 4.47 Å². The molecule has 0 fully saturated rings. The van der Waals surface area contributed by atoms with E-state index in [1.54, 1.807) is 7.05 Å². The first-order chi connectivity index (χ1) is 11.2. The molecule has 0 aliphatic rings. The summed E-state index contributed by atoms with van der Waals surface area (Å²) in [5, 5.41) is 0.756. The molecule has 0 aliphatic heterocycles. The molecule has 0 N–H and O–H groups in total. The van der Waals surface area contributed by atoms with E-state index in [9.17, 15) is 4.79 Å². The Hall–Kier alpha value is -1.66. The van der Waals surface area contributed by atoms with E-state index < -0.39 is 11.7 Å². The number of anilines is 1. The van der Waals surface area contributed by atoms with Crippen LogP contribution in [0.3, 0.4) is 0 Å². The van der Waals surface area contributed by atoms with E-state index in [0.29, 0.717) is 5.84 Å². The Morgan fingerprint density at radius 1 is 1.25 bits per heavy atom. The highest BCUT2D eigenvalue weighted by molar-refractivity contribution is 9.10. The molecule has 0 spiro atoms. The Labute approximate surface area is 155 Å². The minimum absolute atomic E-state index is 0.450. The van der Waals surface area contributed by atoms with Crippen LogP contribution in [-0.2, 0) is 4.74 Å². The van der Waals surface area contributed by atoms with Crippen LogP contribution in [0.2, 0.25) is 0 Å². The molecular weight excluding hydrogens is 388 g/mol. The third kappa shape index (κ3) is 4.45. The Balaban J connectivity index is 2.54. The molecule has 0 aliphatic carbocycles. The van der Waals surface area contributed by atoms with Crippen LogP contribution in [0.15, 0.2) is 45.9 Å². The fourth-order valence-electron chi connectivity index (χ4n) is 2.14. The van der Waals surface area contributed by atoms with E-state index in [-0.39, 0.29) is 0 Å². The largest absolute Gasteiger partial charge is 0.443 e. The summed E-state index contributed by atoms with van der Waals surface area (Å²) in [6.07, 6.45) is -0.450. The molecule has 2 aromatic rings. The number of hydrogen-bond acceptors (Lipinski definition) is 4. The SMILES string of the molecule is CN=C(c1ccccc1)N(C(=O)OC(C)(C)C)c1sc(C)cc1Br. The van der Waals surface area contributed by atoms with Crippen LogP contribution in [0.1, 0.15) is 31.2 Å². The number of benzene rings is 1. The van der Waals surface area contributed by atoms with E-state index in [0.717, 1.165) is 19.9 Å². The summed E-state index contributed by atoms with van der Waals surface area (Å²) in [5.74, 6) is 0.549. The van der Waals surface area contributed by atoms with Gasteiger partial charge in [-0.1, -0.05) is 30.3 Å². The number of amides is 1. The molecule has 1 aromatic heterocycles. The zero-order chi connectivity index (χ0) is 17.9. The number of ether oxygens (including phenoxy) is 1. The summed E-state index contributed by atoms with van der Waals surface area (Å²) in [6, 6.07) is 11.6. The van der Waals surface area contributed by atoms with Gasteiger partial charge in [-0.3, -0.25) is 4.99 Å². The van der Waals surface area contributed by atoms with Crippen LogP contribution in [0.4, 0.5) is 9.80 Å². The Bertz CT molecular complexity index is 748. The Morgan fingerprint density at radius 3 is 2.33 bits per heavy atom. The van der Waals surface area contributed by atoms with Gasteiger partial charge in [0.1, 0.15) is 16.4 Å². The van der Waals surface area contributed by atoms with Crippen LogP contribution >= 0.6 is 27.3 Å². The van der Waals surface area contributed by atoms with Gasteiger partial charge < -0.3 is 4.74 Å². The summed E-state index contributed by atoms with van der Waals surface area (Å²) in [7, 11) is 1.67. The number of nitrogens with zero attached hydrogens (tertiary/aromatic N) is 2. The summed E-state index contributed by atoms with van der Waals surface area (Å²) < 4.78 is 6.46. The molecule has 1 aromatic carbocycles. The average Bonchev–Trinajstić information content (AvgIpc) is 2.81. The number of rotatable bonds is 2. The van der Waals surface area contributed by atoms with Crippen LogP contribution < -0.4 is 4.90 Å². The van der Waals surface area contributed by atoms with Crippen molar-refractivity contribution in [2.24, 2.45) is 4.99 Å². The number of hydrogen-bond donors (Lipinski definition) is 0. The standard InChI is InChI=1S/C18H21BrN2O2S/c1-12-11-14(19)16(24-12)21(17(22)23-18(2,3)4)15(20-5)13-9-7-6-8-10-13/h6-11H,1-5H3. The lowest BCUT2D eigenvalue weighted by molar-refractivity contribution is 0.0604. The number of thiophene rings is 1. The first kappa shape index (κ1) is 18.7. The summed E-state index contributed by atoms with van der Waals surface area (Å²) in [4.78, 5) is 19.9. The molecule has 0 bridgehead atoms. The van der Waals surface area contributed by atoms with Crippen molar-refractivity contribution < 1.29 is 9.53 Å². The topological polar surface area (TPSA) is 41.9 Å². The maximum Gasteiger partial charge on any atom is 0.421 e. The number of aliphatic imine (C=N–C) groups is 1. The fourth-order valence-corrected chi connectivity index (χ4v) is 3.95. The molecule has 2 rings (SSSR count). The molecule has 128 valence electrons. The van der Waals surface area contributed by atoms with Gasteiger partial charge in [0.2, 0.25) is 0 Å². The fraction of sp³-hybridized carbons (Fsp3) is 0.333. The minimum atomic E-state index is -0.594. The lowest BCUT2D eigenvalue weighted by Crippen LogP contribution is -2.41. The monoisotopic (exact) mass is 408 g/mol. The molecule has 1 amide bonds. The number of halogens is 1. The number of aryl methyl sites for hydroxylation is 1. The van der Waals surface area contributed by atoms with Crippen LogP contribution in [0.5, 0.6) is 0 Å². The lowest BCUT2D eigenvalue weighted by atomic mass is 10.2. The normalized spacial score (nSPS) is 12.2. The van der Waals surface area contributed by atoms with Crippen molar-refractivity contribution >= 4 is 44.2 Å². The molecule has 1 heterocycles. The molecule has 0 unspecified atom stereocenters. The highest BCUT2D eigenvalue weighted by atomic mass is 79.9. The van der Waals surface area contributed by atoms with Crippen molar-refractivity contribution in [3.63, 3.8) is 0 Å². The molecule has 0 atom stereocenters. The quantitative estimate of drug-likeness (QED) is 0.476. The zero-order valence-corrected chi connectivity index (χ0v) is 16.9. The summed E-state index contributed by atoms with van der Waals surface area (Å²) in [5.41, 5.74) is 0.257. The molecule has 0 radical (unpaired) electrons. The van der Waals surface area contributed by atoms with Gasteiger partial charge in [-0.2, -0.15) is 0 Å². The van der Waals surface area contributed by atoms with Crippen LogP contribution in [0.25, 0.3) is 0 Å². The molecule has 24 heavy (non-hydrogen) atoms. The number of carbonyl (C=O) groups is 1. The van der Waals surface area contributed by atoms with Gasteiger partial charge >= 0.3 is 6.09 Å². The van der Waals surface area contributed by atoms with E-state index in [1.165, 1.54) is 16.2 Å². The van der Waals surface area contributed by atoms with E-state index >= 15 is 0 Å². The van der Waals surface area contributed by atoms with Gasteiger partial charge in [0.15, 0.2) is 0 Å². The van der Waals surface area contributed by atoms with Crippen LogP contribution in [-0.4, -0.2) is 24.6 Å². The molecule has 4 nitrogen and oxygen atoms in total. The van der Waals surface area contributed by atoms with E-state index in [2.05, 4.69) is 20.9 Å². The molecule has 0 saturated carbocycles. The molecule has 0 saturated heterocycles. The van der Waals surface area contributed by atoms with Gasteiger partial charge in [-0.25, -0.2) is 9.69 Å². The minimum Gasteiger partial charge on any atom is -0.443 e. The number of amidine groups is 1. The van der Waals surface area contributed by atoms with Crippen molar-refractivity contribution in [2.75, 3.05) is 11.9 Å². The highest BCUT2D eigenvalue weighted by Gasteiger charge is 2.30. The maximum atomic E-state index is 12.9. The van der Waals surface area contributed by atoms with Crippen molar-refractivity contribution in [1.29, 1.82) is 0 Å². The molecule has 6 heteroatoms. The highest BCUT2D eigenvalue weighted by Crippen LogP contribution is 2.37. The van der Waals surface area contributed by atoms with Crippen molar-refractivity contribution in [1.82, 2.24) is 0 Å². The summed E-state index contributed by atoms with van der Waals surface area (Å²) in [6.45, 7) is 7.55. The van der Waals surface area contributed by atoms with Crippen molar-refractivity contribution in [2.45, 2.75) is 33.3 Å². The third-order valence-corrected chi connectivity index (χ3v) is 4.93. The smallest absolute Gasteiger partial charge is 0.421 e. The van der Waals surface area contributed by atoms with Crippen molar-refractivity contribution in [3.8, 4) is 0 Å². The van der Waals surface area contributed by atoms with E-state index in [4.69, 9.17) is 4.74 Å². The van der Waals surface area contributed by atoms with Gasteiger partial charge in [-0.05, 0) is 49.7 Å². The Morgan fingerprint density at radius 2 is 1.88 bits per heavy atom. The van der Waals surface area contributed by atoms with Gasteiger partial charge in [-0.15, -0.1) is 11.3 Å². The average molecular weight is 409 g/mol. The predicted molar refractivity (Wildman–Crippen MR) is 104 cm³/mol. The third-order valence-electron chi connectivity index (χ3n) is 3.03. The Kier molecular flexibility index (Phi) is 5.83. The summed E-state index contributed by atoms with van der Waals surface area (Å²) >= 11 is 5.05. The predicted octanol–water partition coefficient (Wildman–Crippen LogP) is 5.64. The van der Waals surface area contributed by atoms with E-state index in [1.807, 2.05) is 64.1 Å². The first-order valence-corrected chi connectivity index (χ1v) is 9.15. The second kappa shape index (κ2) is 7.49. The second-order valence-electron chi connectivity index (χ2n) is 6.24. The second-order valence-corrected chi connectivity index (χ2v) is 8.33. The van der Waals surface area contributed by atoms with Crippen LogP contribution in [0, 0.1) is 6.92 Å². The van der Waals surface area contributed by atoms with Gasteiger partial charge in [0.25, 0.3) is 0 Å². The zero-order valence-electron chi connectivity index (χ0n) is 14.5.